The maximum atomic E-state index is 12.4. The maximum Gasteiger partial charge on any atom is 0.269 e. The van der Waals surface area contributed by atoms with Crippen LogP contribution in [0.1, 0.15) is 35.7 Å². The molecule has 0 unspecified atom stereocenters. The number of carbonyl (C=O) groups is 1. The molecule has 0 saturated carbocycles. The van der Waals surface area contributed by atoms with Gasteiger partial charge in [0.2, 0.25) is 0 Å². The Labute approximate surface area is 175 Å². The van der Waals surface area contributed by atoms with Crippen molar-refractivity contribution >= 4 is 40.5 Å². The van der Waals surface area contributed by atoms with Crippen LogP contribution in [0.25, 0.3) is 0 Å². The van der Waals surface area contributed by atoms with Crippen molar-refractivity contribution in [2.75, 3.05) is 19.0 Å². The van der Waals surface area contributed by atoms with E-state index in [-0.39, 0.29) is 11.0 Å². The number of halogens is 1. The van der Waals surface area contributed by atoms with E-state index in [1.165, 1.54) is 7.11 Å². The summed E-state index contributed by atoms with van der Waals surface area (Å²) < 4.78 is 11.0. The lowest BCUT2D eigenvalue weighted by Gasteiger charge is -2.14. The van der Waals surface area contributed by atoms with Crippen molar-refractivity contribution in [1.82, 2.24) is 10.9 Å². The third-order valence-electron chi connectivity index (χ3n) is 3.90. The largest absolute Gasteiger partial charge is 0.493 e. The number of carbonyl (C=O) groups excluding carboxylic acids is 1. The van der Waals surface area contributed by atoms with Crippen molar-refractivity contribution in [3.05, 3.63) is 52.5 Å². The summed E-state index contributed by atoms with van der Waals surface area (Å²) in [5, 5.41) is 3.82. The molecule has 8 heteroatoms. The molecule has 2 aromatic carbocycles. The fourth-order valence-corrected chi connectivity index (χ4v) is 2.62. The zero-order chi connectivity index (χ0) is 20.5. The van der Waals surface area contributed by atoms with Crippen LogP contribution in [0.2, 0.25) is 5.02 Å². The highest BCUT2D eigenvalue weighted by atomic mass is 35.5. The summed E-state index contributed by atoms with van der Waals surface area (Å²) in [6, 6.07) is 10.5. The van der Waals surface area contributed by atoms with Crippen molar-refractivity contribution in [3.8, 4) is 11.5 Å². The minimum Gasteiger partial charge on any atom is -0.493 e. The Bertz CT molecular complexity index is 845. The number of nitrogens with one attached hydrogen (secondary N) is 3. The summed E-state index contributed by atoms with van der Waals surface area (Å²) in [7, 11) is 1.54. The molecule has 0 aliphatic carbocycles. The van der Waals surface area contributed by atoms with Crippen LogP contribution in [0.3, 0.4) is 0 Å². The van der Waals surface area contributed by atoms with E-state index in [0.717, 1.165) is 24.1 Å². The summed E-state index contributed by atoms with van der Waals surface area (Å²) in [6.45, 7) is 4.61. The highest BCUT2D eigenvalue weighted by molar-refractivity contribution is 7.80. The van der Waals surface area contributed by atoms with Gasteiger partial charge in [-0.05, 0) is 61.5 Å². The van der Waals surface area contributed by atoms with Crippen LogP contribution in [0.15, 0.2) is 36.4 Å². The van der Waals surface area contributed by atoms with Gasteiger partial charge >= 0.3 is 0 Å². The highest BCUT2D eigenvalue weighted by Gasteiger charge is 2.11. The molecule has 0 aliphatic rings. The third-order valence-corrected chi connectivity index (χ3v) is 4.51. The molecule has 0 aromatic heterocycles. The monoisotopic (exact) mass is 421 g/mol. The number of thiocarbonyl (C=S) groups is 1. The molecule has 1 amide bonds. The Morgan fingerprint density at radius 2 is 1.93 bits per heavy atom. The van der Waals surface area contributed by atoms with Gasteiger partial charge in [0.15, 0.2) is 16.6 Å². The van der Waals surface area contributed by atoms with Gasteiger partial charge in [-0.2, -0.15) is 0 Å². The normalized spacial score (nSPS) is 10.1. The van der Waals surface area contributed by atoms with E-state index >= 15 is 0 Å². The molecular formula is C20H24ClN3O3S. The van der Waals surface area contributed by atoms with Crippen molar-refractivity contribution in [2.45, 2.75) is 26.7 Å². The second-order valence-corrected chi connectivity index (χ2v) is 6.88. The Balaban J connectivity index is 1.92. The van der Waals surface area contributed by atoms with Crippen LogP contribution in [0, 0.1) is 6.92 Å². The summed E-state index contributed by atoms with van der Waals surface area (Å²) in [5.41, 5.74) is 7.31. The van der Waals surface area contributed by atoms with E-state index in [9.17, 15) is 4.79 Å². The minimum absolute atomic E-state index is 0.236. The first-order valence-electron chi connectivity index (χ1n) is 8.89. The second kappa shape index (κ2) is 10.7. The molecule has 0 saturated heterocycles. The minimum atomic E-state index is -0.357. The molecule has 0 aliphatic heterocycles. The van der Waals surface area contributed by atoms with Gasteiger partial charge in [0.1, 0.15) is 0 Å². The van der Waals surface area contributed by atoms with Gasteiger partial charge in [0, 0.05) is 16.3 Å². The summed E-state index contributed by atoms with van der Waals surface area (Å²) in [5.74, 6) is 0.747. The van der Waals surface area contributed by atoms with Crippen LogP contribution in [0.4, 0.5) is 5.69 Å². The molecule has 0 atom stereocenters. The fraction of sp³-hybridized carbons (Fsp3) is 0.300. The van der Waals surface area contributed by atoms with Gasteiger partial charge in [0.25, 0.3) is 5.91 Å². The van der Waals surface area contributed by atoms with Crippen molar-refractivity contribution < 1.29 is 14.3 Å². The lowest BCUT2D eigenvalue weighted by Crippen LogP contribution is -2.43. The fourth-order valence-electron chi connectivity index (χ4n) is 2.27. The molecule has 2 rings (SSSR count). The molecule has 0 bridgehead atoms. The maximum absolute atomic E-state index is 12.4. The topological polar surface area (TPSA) is 71.6 Å². The van der Waals surface area contributed by atoms with Gasteiger partial charge in [-0.15, -0.1) is 0 Å². The average molecular weight is 422 g/mol. The molecule has 28 heavy (non-hydrogen) atoms. The number of aryl methyl sites for hydroxylation is 1. The van der Waals surface area contributed by atoms with Crippen LogP contribution in [-0.2, 0) is 0 Å². The Morgan fingerprint density at radius 3 is 2.61 bits per heavy atom. The number of unbranched alkanes of at least 4 members (excludes halogenated alkanes) is 1. The van der Waals surface area contributed by atoms with Gasteiger partial charge in [-0.3, -0.25) is 15.6 Å². The number of benzene rings is 2. The Hall–Kier alpha value is -2.51. The van der Waals surface area contributed by atoms with Crippen LogP contribution >= 0.6 is 23.8 Å². The van der Waals surface area contributed by atoms with Gasteiger partial charge < -0.3 is 14.8 Å². The average Bonchev–Trinajstić information content (AvgIpc) is 2.69. The van der Waals surface area contributed by atoms with Crippen LogP contribution < -0.4 is 25.6 Å². The Kier molecular flexibility index (Phi) is 8.35. The SMILES string of the molecule is CCCCOc1ccc(C(=O)NNC(=S)Nc2ccc(C)c(Cl)c2)cc1OC. The second-order valence-electron chi connectivity index (χ2n) is 6.06. The van der Waals surface area contributed by atoms with Crippen molar-refractivity contribution in [3.63, 3.8) is 0 Å². The van der Waals surface area contributed by atoms with Gasteiger partial charge in [-0.1, -0.05) is 31.0 Å². The van der Waals surface area contributed by atoms with Crippen LogP contribution in [0.5, 0.6) is 11.5 Å². The number of ether oxygens (including phenoxy) is 2. The van der Waals surface area contributed by atoms with E-state index in [4.69, 9.17) is 33.3 Å². The lowest BCUT2D eigenvalue weighted by atomic mass is 10.2. The van der Waals surface area contributed by atoms with Crippen molar-refractivity contribution in [2.24, 2.45) is 0 Å². The molecule has 6 nitrogen and oxygen atoms in total. The van der Waals surface area contributed by atoms with Gasteiger partial charge in [-0.25, -0.2) is 0 Å². The predicted octanol–water partition coefficient (Wildman–Crippen LogP) is 4.47. The molecule has 150 valence electrons. The van der Waals surface area contributed by atoms with E-state index in [2.05, 4.69) is 23.1 Å². The van der Waals surface area contributed by atoms with Crippen molar-refractivity contribution in [1.29, 1.82) is 0 Å². The molecule has 0 fully saturated rings. The summed E-state index contributed by atoms with van der Waals surface area (Å²) in [6.07, 6.45) is 1.99. The Morgan fingerprint density at radius 1 is 1.14 bits per heavy atom. The van der Waals surface area contributed by atoms with Gasteiger partial charge in [0.05, 0.1) is 13.7 Å². The standard InChI is InChI=1S/C20H24ClN3O3S/c1-4-5-10-27-17-9-7-14(11-18(17)26-3)19(25)23-24-20(28)22-15-8-6-13(2)16(21)12-15/h6-9,11-12H,4-5,10H2,1-3H3,(H,23,25)(H2,22,24,28). The van der Waals surface area contributed by atoms with E-state index in [0.29, 0.717) is 28.7 Å². The first-order chi connectivity index (χ1) is 13.4. The van der Waals surface area contributed by atoms with Crippen LogP contribution in [-0.4, -0.2) is 24.7 Å². The quantitative estimate of drug-likeness (QED) is 0.348. The summed E-state index contributed by atoms with van der Waals surface area (Å²) >= 11 is 11.3. The first kappa shape index (κ1) is 21.8. The third kappa shape index (κ3) is 6.28. The van der Waals surface area contributed by atoms with E-state index in [1.807, 2.05) is 19.1 Å². The number of hydrogen-bond acceptors (Lipinski definition) is 4. The molecule has 0 spiro atoms. The zero-order valence-electron chi connectivity index (χ0n) is 16.1. The highest BCUT2D eigenvalue weighted by Crippen LogP contribution is 2.28. The van der Waals surface area contributed by atoms with E-state index in [1.54, 1.807) is 24.3 Å². The van der Waals surface area contributed by atoms with E-state index < -0.39 is 0 Å². The number of amides is 1. The molecule has 3 N–H and O–H groups in total. The first-order valence-corrected chi connectivity index (χ1v) is 9.67. The number of hydrogen-bond donors (Lipinski definition) is 3. The predicted molar refractivity (Wildman–Crippen MR) is 116 cm³/mol. The number of anilines is 1. The molecule has 0 heterocycles. The lowest BCUT2D eigenvalue weighted by molar-refractivity contribution is 0.0943. The smallest absolute Gasteiger partial charge is 0.269 e. The molecule has 2 aromatic rings. The summed E-state index contributed by atoms with van der Waals surface area (Å²) in [4.78, 5) is 12.4. The zero-order valence-corrected chi connectivity index (χ0v) is 17.7. The molecular weight excluding hydrogens is 398 g/mol. The number of methoxy groups -OCH3 is 1. The number of rotatable bonds is 7. The molecule has 0 radical (unpaired) electrons. The number of hydrazine groups is 1.